The molecular weight excluding hydrogens is 414 g/mol. The first kappa shape index (κ1) is 20.6. The van der Waals surface area contributed by atoms with Gasteiger partial charge in [-0.05, 0) is 42.8 Å². The summed E-state index contributed by atoms with van der Waals surface area (Å²) in [6, 6.07) is 21.0. The molecule has 4 rings (SSSR count). The highest BCUT2D eigenvalue weighted by molar-refractivity contribution is 7.92. The van der Waals surface area contributed by atoms with Crippen LogP contribution in [0.5, 0.6) is 0 Å². The lowest BCUT2D eigenvalue weighted by molar-refractivity contribution is -0.142. The van der Waals surface area contributed by atoms with Gasteiger partial charge < -0.3 is 9.72 Å². The zero-order valence-electron chi connectivity index (χ0n) is 16.8. The Morgan fingerprint density at radius 2 is 1.77 bits per heavy atom. The fourth-order valence-electron chi connectivity index (χ4n) is 3.17. The molecule has 2 N–H and O–H groups in total. The number of sulfonamides is 1. The van der Waals surface area contributed by atoms with Crippen molar-refractivity contribution in [3.63, 3.8) is 0 Å². The molecule has 0 saturated heterocycles. The van der Waals surface area contributed by atoms with E-state index >= 15 is 0 Å². The third-order valence-corrected chi connectivity index (χ3v) is 6.05. The fraction of sp³-hybridized carbons (Fsp3) is 0.130. The average molecular weight is 436 g/mol. The Kier molecular flexibility index (Phi) is 5.73. The summed E-state index contributed by atoms with van der Waals surface area (Å²) in [5, 5.41) is 0. The van der Waals surface area contributed by atoms with Crippen LogP contribution >= 0.6 is 0 Å². The van der Waals surface area contributed by atoms with Gasteiger partial charge in [-0.1, -0.05) is 42.5 Å². The van der Waals surface area contributed by atoms with Crippen molar-refractivity contribution in [2.75, 3.05) is 11.3 Å². The summed E-state index contributed by atoms with van der Waals surface area (Å²) in [5.41, 5.74) is 3.38. The summed E-state index contributed by atoms with van der Waals surface area (Å²) in [7, 11) is -3.79. The number of benzene rings is 3. The quantitative estimate of drug-likeness (QED) is 0.425. The van der Waals surface area contributed by atoms with E-state index in [4.69, 9.17) is 4.74 Å². The van der Waals surface area contributed by atoms with E-state index in [2.05, 4.69) is 14.7 Å². The molecule has 0 aliphatic rings. The lowest BCUT2D eigenvalue weighted by Gasteiger charge is -2.09. The maximum Gasteiger partial charge on any atom is 0.310 e. The number of fused-ring (bicyclic) bond motifs is 1. The molecule has 1 heterocycles. The Hall–Kier alpha value is -3.65. The SMILES string of the molecule is CCOC(=O)Cc1ccc(NS(=O)(=O)c2ccc3nc(-c4ccccc4)[nH]c3c2)cc1. The lowest BCUT2D eigenvalue weighted by atomic mass is 10.1. The van der Waals surface area contributed by atoms with Gasteiger partial charge >= 0.3 is 5.97 Å². The number of aromatic nitrogens is 2. The molecule has 1 aromatic heterocycles. The molecule has 0 radical (unpaired) electrons. The van der Waals surface area contributed by atoms with Crippen LogP contribution in [0, 0.1) is 0 Å². The zero-order chi connectivity index (χ0) is 21.8. The number of nitrogens with one attached hydrogen (secondary N) is 2. The van der Waals surface area contributed by atoms with Crippen molar-refractivity contribution in [3.05, 3.63) is 78.4 Å². The molecule has 0 amide bonds. The van der Waals surface area contributed by atoms with Crippen LogP contribution in [0.2, 0.25) is 0 Å². The molecule has 0 bridgehead atoms. The highest BCUT2D eigenvalue weighted by Crippen LogP contribution is 2.24. The summed E-state index contributed by atoms with van der Waals surface area (Å²) >= 11 is 0. The largest absolute Gasteiger partial charge is 0.466 e. The average Bonchev–Trinajstić information content (AvgIpc) is 3.19. The number of rotatable bonds is 7. The number of aromatic amines is 1. The van der Waals surface area contributed by atoms with Gasteiger partial charge in [0.15, 0.2) is 0 Å². The Bertz CT molecular complexity index is 1310. The van der Waals surface area contributed by atoms with Crippen LogP contribution in [-0.4, -0.2) is 31.0 Å². The van der Waals surface area contributed by atoms with Gasteiger partial charge in [-0.2, -0.15) is 0 Å². The molecule has 4 aromatic rings. The number of imidazole rings is 1. The van der Waals surface area contributed by atoms with Crippen molar-refractivity contribution in [1.82, 2.24) is 9.97 Å². The first-order valence-corrected chi connectivity index (χ1v) is 11.3. The van der Waals surface area contributed by atoms with Crippen molar-refractivity contribution in [3.8, 4) is 11.4 Å². The van der Waals surface area contributed by atoms with Gasteiger partial charge in [0, 0.05) is 11.3 Å². The Balaban J connectivity index is 1.53. The summed E-state index contributed by atoms with van der Waals surface area (Å²) < 4.78 is 33.2. The van der Waals surface area contributed by atoms with Crippen LogP contribution < -0.4 is 4.72 Å². The normalized spacial score (nSPS) is 11.4. The third kappa shape index (κ3) is 4.75. The summed E-state index contributed by atoms with van der Waals surface area (Å²) in [6.45, 7) is 2.07. The Labute approximate surface area is 180 Å². The topological polar surface area (TPSA) is 101 Å². The second kappa shape index (κ2) is 8.61. The van der Waals surface area contributed by atoms with Gasteiger partial charge in [0.25, 0.3) is 10.0 Å². The van der Waals surface area contributed by atoms with Crippen molar-refractivity contribution < 1.29 is 17.9 Å². The van der Waals surface area contributed by atoms with E-state index in [1.165, 1.54) is 6.07 Å². The van der Waals surface area contributed by atoms with Gasteiger partial charge in [-0.15, -0.1) is 0 Å². The van der Waals surface area contributed by atoms with E-state index in [9.17, 15) is 13.2 Å². The molecule has 0 atom stereocenters. The number of carbonyl (C=O) groups is 1. The molecule has 8 heteroatoms. The molecule has 0 unspecified atom stereocenters. The number of hydrogen-bond acceptors (Lipinski definition) is 5. The van der Waals surface area contributed by atoms with Crippen molar-refractivity contribution >= 4 is 32.7 Å². The summed E-state index contributed by atoms with van der Waals surface area (Å²) in [4.78, 5) is 19.4. The van der Waals surface area contributed by atoms with Crippen LogP contribution in [0.3, 0.4) is 0 Å². The maximum absolute atomic E-state index is 12.9. The number of anilines is 1. The van der Waals surface area contributed by atoms with E-state index in [0.29, 0.717) is 29.2 Å². The molecule has 31 heavy (non-hydrogen) atoms. The van der Waals surface area contributed by atoms with E-state index in [1.54, 1.807) is 43.3 Å². The van der Waals surface area contributed by atoms with Gasteiger partial charge in [-0.25, -0.2) is 13.4 Å². The Morgan fingerprint density at radius 1 is 1.03 bits per heavy atom. The Morgan fingerprint density at radius 3 is 2.48 bits per heavy atom. The van der Waals surface area contributed by atoms with E-state index in [0.717, 1.165) is 11.1 Å². The highest BCUT2D eigenvalue weighted by atomic mass is 32.2. The van der Waals surface area contributed by atoms with Gasteiger partial charge in [0.2, 0.25) is 0 Å². The number of ether oxygens (including phenoxy) is 1. The number of hydrogen-bond donors (Lipinski definition) is 2. The minimum absolute atomic E-state index is 0.124. The smallest absolute Gasteiger partial charge is 0.310 e. The van der Waals surface area contributed by atoms with Gasteiger partial charge in [0.1, 0.15) is 5.82 Å². The summed E-state index contributed by atoms with van der Waals surface area (Å²) in [6.07, 6.45) is 0.140. The molecule has 0 saturated carbocycles. The van der Waals surface area contributed by atoms with E-state index in [-0.39, 0.29) is 17.3 Å². The second-order valence-electron chi connectivity index (χ2n) is 6.91. The molecule has 3 aromatic carbocycles. The molecule has 158 valence electrons. The van der Waals surface area contributed by atoms with Gasteiger partial charge in [0.05, 0.1) is 29.0 Å². The van der Waals surface area contributed by atoms with E-state index in [1.807, 2.05) is 30.3 Å². The first-order valence-electron chi connectivity index (χ1n) is 9.77. The molecule has 0 spiro atoms. The van der Waals surface area contributed by atoms with Crippen molar-refractivity contribution in [2.24, 2.45) is 0 Å². The van der Waals surface area contributed by atoms with Crippen LogP contribution in [0.25, 0.3) is 22.4 Å². The van der Waals surface area contributed by atoms with Crippen LogP contribution in [0.1, 0.15) is 12.5 Å². The van der Waals surface area contributed by atoms with Crippen LogP contribution in [0.4, 0.5) is 5.69 Å². The number of esters is 1. The second-order valence-corrected chi connectivity index (χ2v) is 8.60. The minimum atomic E-state index is -3.79. The molecule has 0 aliphatic heterocycles. The van der Waals surface area contributed by atoms with Crippen molar-refractivity contribution in [1.29, 1.82) is 0 Å². The summed E-state index contributed by atoms with van der Waals surface area (Å²) in [5.74, 6) is 0.355. The van der Waals surface area contributed by atoms with Crippen LogP contribution in [0.15, 0.2) is 77.7 Å². The predicted octanol–water partition coefficient (Wildman–Crippen LogP) is 4.14. The third-order valence-electron chi connectivity index (χ3n) is 4.67. The standard InChI is InChI=1S/C23H21N3O4S/c1-2-30-22(27)14-16-8-10-18(11-9-16)26-31(28,29)19-12-13-20-21(15-19)25-23(24-20)17-6-4-3-5-7-17/h3-13,15,26H,2,14H2,1H3,(H,24,25). The number of H-pyrrole nitrogens is 1. The molecule has 0 aliphatic carbocycles. The number of carbonyl (C=O) groups excluding carboxylic acids is 1. The molecule has 0 fully saturated rings. The van der Waals surface area contributed by atoms with E-state index < -0.39 is 10.0 Å². The predicted molar refractivity (Wildman–Crippen MR) is 119 cm³/mol. The van der Waals surface area contributed by atoms with Crippen LogP contribution in [-0.2, 0) is 26.0 Å². The molecular formula is C23H21N3O4S. The number of nitrogens with zero attached hydrogens (tertiary/aromatic N) is 1. The monoisotopic (exact) mass is 435 g/mol. The molecule has 7 nitrogen and oxygen atoms in total. The zero-order valence-corrected chi connectivity index (χ0v) is 17.6. The lowest BCUT2D eigenvalue weighted by Crippen LogP contribution is -2.13. The fourth-order valence-corrected chi connectivity index (χ4v) is 4.26. The van der Waals surface area contributed by atoms with Crippen molar-refractivity contribution in [2.45, 2.75) is 18.2 Å². The van der Waals surface area contributed by atoms with Gasteiger partial charge in [-0.3, -0.25) is 9.52 Å². The minimum Gasteiger partial charge on any atom is -0.466 e. The highest BCUT2D eigenvalue weighted by Gasteiger charge is 2.16. The maximum atomic E-state index is 12.9. The first-order chi connectivity index (χ1) is 14.9.